The van der Waals surface area contributed by atoms with Crippen LogP contribution in [0, 0.1) is 0 Å². The van der Waals surface area contributed by atoms with Gasteiger partial charge in [-0.15, -0.1) is 0 Å². The Bertz CT molecular complexity index is 734. The zero-order valence-corrected chi connectivity index (χ0v) is 14.8. The summed E-state index contributed by atoms with van der Waals surface area (Å²) in [4.78, 5) is 16.2. The third-order valence-electron chi connectivity index (χ3n) is 3.14. The molecular weight excluding hydrogens is 372 g/mol. The van der Waals surface area contributed by atoms with Crippen molar-refractivity contribution in [2.24, 2.45) is 10.7 Å². The first-order valence-corrected chi connectivity index (χ1v) is 8.13. The SMILES string of the molecule is COc1ccccc1NC(N)=NCCNC(=O)c1cccc(Br)c1. The smallest absolute Gasteiger partial charge is 0.251 e. The number of benzene rings is 2. The van der Waals surface area contributed by atoms with Crippen LogP contribution in [0.3, 0.4) is 0 Å². The van der Waals surface area contributed by atoms with Crippen LogP contribution in [0.5, 0.6) is 5.75 Å². The van der Waals surface area contributed by atoms with Gasteiger partial charge in [-0.05, 0) is 30.3 Å². The monoisotopic (exact) mass is 390 g/mol. The Hall–Kier alpha value is -2.54. The molecule has 126 valence electrons. The summed E-state index contributed by atoms with van der Waals surface area (Å²) >= 11 is 3.34. The predicted molar refractivity (Wildman–Crippen MR) is 99.6 cm³/mol. The topological polar surface area (TPSA) is 88.7 Å². The molecule has 0 heterocycles. The van der Waals surface area contributed by atoms with Gasteiger partial charge in [0.25, 0.3) is 5.91 Å². The van der Waals surface area contributed by atoms with Gasteiger partial charge in [0.1, 0.15) is 5.75 Å². The number of rotatable bonds is 6. The number of nitrogens with one attached hydrogen (secondary N) is 2. The zero-order chi connectivity index (χ0) is 17.4. The fourth-order valence-corrected chi connectivity index (χ4v) is 2.40. The number of anilines is 1. The minimum absolute atomic E-state index is 0.150. The van der Waals surface area contributed by atoms with Crippen LogP contribution in [-0.2, 0) is 0 Å². The van der Waals surface area contributed by atoms with Crippen molar-refractivity contribution >= 4 is 33.5 Å². The van der Waals surface area contributed by atoms with E-state index in [1.807, 2.05) is 36.4 Å². The lowest BCUT2D eigenvalue weighted by atomic mass is 10.2. The molecular formula is C17H19BrN4O2. The first-order valence-electron chi connectivity index (χ1n) is 7.34. The van der Waals surface area contributed by atoms with Gasteiger partial charge in [0.2, 0.25) is 0 Å². The van der Waals surface area contributed by atoms with E-state index in [9.17, 15) is 4.79 Å². The number of halogens is 1. The van der Waals surface area contributed by atoms with E-state index >= 15 is 0 Å². The Morgan fingerprint density at radius 1 is 1.25 bits per heavy atom. The number of para-hydroxylation sites is 2. The number of methoxy groups -OCH3 is 1. The lowest BCUT2D eigenvalue weighted by Gasteiger charge is -2.10. The Balaban J connectivity index is 1.82. The van der Waals surface area contributed by atoms with Crippen LogP contribution >= 0.6 is 15.9 Å². The molecule has 4 N–H and O–H groups in total. The molecule has 6 nitrogen and oxygen atoms in total. The molecule has 1 amide bonds. The van der Waals surface area contributed by atoms with Gasteiger partial charge in [0.05, 0.1) is 19.3 Å². The number of ether oxygens (including phenoxy) is 1. The molecule has 0 aliphatic rings. The van der Waals surface area contributed by atoms with Crippen LogP contribution in [0.4, 0.5) is 5.69 Å². The standard InChI is InChI=1S/C17H19BrN4O2/c1-24-15-8-3-2-7-14(15)22-17(19)21-10-9-20-16(23)12-5-4-6-13(18)11-12/h2-8,11H,9-10H2,1H3,(H,20,23)(H3,19,21,22). The van der Waals surface area contributed by atoms with Crippen LogP contribution in [0.1, 0.15) is 10.4 Å². The number of guanidine groups is 1. The van der Waals surface area contributed by atoms with Crippen molar-refractivity contribution in [2.45, 2.75) is 0 Å². The fourth-order valence-electron chi connectivity index (χ4n) is 2.00. The second-order valence-electron chi connectivity index (χ2n) is 4.86. The van der Waals surface area contributed by atoms with Gasteiger partial charge in [-0.1, -0.05) is 34.1 Å². The lowest BCUT2D eigenvalue weighted by Crippen LogP contribution is -2.28. The molecule has 24 heavy (non-hydrogen) atoms. The van der Waals surface area contributed by atoms with E-state index in [-0.39, 0.29) is 11.9 Å². The summed E-state index contributed by atoms with van der Waals surface area (Å²) in [5.74, 6) is 0.789. The minimum Gasteiger partial charge on any atom is -0.495 e. The highest BCUT2D eigenvalue weighted by Crippen LogP contribution is 2.22. The van der Waals surface area contributed by atoms with E-state index in [4.69, 9.17) is 10.5 Å². The molecule has 7 heteroatoms. The number of hydrogen-bond acceptors (Lipinski definition) is 3. The van der Waals surface area contributed by atoms with Crippen molar-refractivity contribution in [1.82, 2.24) is 5.32 Å². The molecule has 2 rings (SSSR count). The fraction of sp³-hybridized carbons (Fsp3) is 0.176. The molecule has 2 aromatic carbocycles. The van der Waals surface area contributed by atoms with Crippen LogP contribution in [0.15, 0.2) is 58.0 Å². The Labute approximate surface area is 149 Å². The van der Waals surface area contributed by atoms with Crippen LogP contribution < -0.4 is 21.1 Å². The maximum atomic E-state index is 12.0. The third kappa shape index (κ3) is 5.27. The molecule has 0 aromatic heterocycles. The molecule has 0 saturated carbocycles. The zero-order valence-electron chi connectivity index (χ0n) is 13.3. The Morgan fingerprint density at radius 2 is 2.04 bits per heavy atom. The van der Waals surface area contributed by atoms with E-state index in [1.165, 1.54) is 0 Å². The summed E-state index contributed by atoms with van der Waals surface area (Å²) in [6, 6.07) is 14.6. The second-order valence-corrected chi connectivity index (χ2v) is 5.77. The highest BCUT2D eigenvalue weighted by Gasteiger charge is 2.05. The molecule has 0 radical (unpaired) electrons. The Kier molecular flexibility index (Phi) is 6.62. The average molecular weight is 391 g/mol. The van der Waals surface area contributed by atoms with E-state index in [0.29, 0.717) is 24.4 Å². The maximum Gasteiger partial charge on any atom is 0.251 e. The summed E-state index contributed by atoms with van der Waals surface area (Å²) < 4.78 is 6.09. The molecule has 0 aliphatic carbocycles. The summed E-state index contributed by atoms with van der Waals surface area (Å²) in [6.45, 7) is 0.757. The number of hydrogen-bond donors (Lipinski definition) is 3. The van der Waals surface area contributed by atoms with Crippen molar-refractivity contribution < 1.29 is 9.53 Å². The number of nitrogens with two attached hydrogens (primary N) is 1. The number of carbonyl (C=O) groups is 1. The molecule has 0 bridgehead atoms. The van der Waals surface area contributed by atoms with Gasteiger partial charge in [-0.3, -0.25) is 9.79 Å². The van der Waals surface area contributed by atoms with Gasteiger partial charge in [-0.25, -0.2) is 0 Å². The van der Waals surface area contributed by atoms with E-state index in [0.717, 1.165) is 10.2 Å². The molecule has 0 aliphatic heterocycles. The van der Waals surface area contributed by atoms with Crippen LogP contribution in [0.25, 0.3) is 0 Å². The van der Waals surface area contributed by atoms with Crippen molar-refractivity contribution in [2.75, 3.05) is 25.5 Å². The largest absolute Gasteiger partial charge is 0.495 e. The minimum atomic E-state index is -0.150. The summed E-state index contributed by atoms with van der Waals surface area (Å²) in [7, 11) is 1.59. The van der Waals surface area contributed by atoms with E-state index < -0.39 is 0 Å². The van der Waals surface area contributed by atoms with Crippen molar-refractivity contribution in [1.29, 1.82) is 0 Å². The van der Waals surface area contributed by atoms with Gasteiger partial charge < -0.3 is 21.1 Å². The highest BCUT2D eigenvalue weighted by molar-refractivity contribution is 9.10. The molecule has 0 unspecified atom stereocenters. The van der Waals surface area contributed by atoms with Gasteiger partial charge in [0, 0.05) is 16.6 Å². The first-order chi connectivity index (χ1) is 11.6. The number of amides is 1. The Morgan fingerprint density at radius 3 is 2.79 bits per heavy atom. The van der Waals surface area contributed by atoms with Gasteiger partial charge >= 0.3 is 0 Å². The van der Waals surface area contributed by atoms with Crippen molar-refractivity contribution in [3.63, 3.8) is 0 Å². The van der Waals surface area contributed by atoms with Crippen molar-refractivity contribution in [3.05, 3.63) is 58.6 Å². The van der Waals surface area contributed by atoms with Crippen LogP contribution in [0.2, 0.25) is 0 Å². The van der Waals surface area contributed by atoms with Gasteiger partial charge in [-0.2, -0.15) is 0 Å². The first kappa shape index (κ1) is 17.8. The average Bonchev–Trinajstić information content (AvgIpc) is 2.59. The summed E-state index contributed by atoms with van der Waals surface area (Å²) in [6.07, 6.45) is 0. The lowest BCUT2D eigenvalue weighted by molar-refractivity contribution is 0.0954. The predicted octanol–water partition coefficient (Wildman–Crippen LogP) is 2.61. The molecule has 0 saturated heterocycles. The summed E-state index contributed by atoms with van der Waals surface area (Å²) in [5, 5.41) is 5.77. The number of aliphatic imine (C=N–C) groups is 1. The maximum absolute atomic E-state index is 12.0. The third-order valence-corrected chi connectivity index (χ3v) is 3.63. The van der Waals surface area contributed by atoms with Gasteiger partial charge in [0.15, 0.2) is 5.96 Å². The molecule has 0 spiro atoms. The van der Waals surface area contributed by atoms with Crippen LogP contribution in [-0.4, -0.2) is 32.1 Å². The quantitative estimate of drug-likeness (QED) is 0.401. The molecule has 0 atom stereocenters. The summed E-state index contributed by atoms with van der Waals surface area (Å²) in [5.41, 5.74) is 7.17. The number of carbonyl (C=O) groups excluding carboxylic acids is 1. The molecule has 2 aromatic rings. The number of nitrogens with zero attached hydrogens (tertiary/aromatic N) is 1. The highest BCUT2D eigenvalue weighted by atomic mass is 79.9. The van der Waals surface area contributed by atoms with E-state index in [1.54, 1.807) is 19.2 Å². The second kappa shape index (κ2) is 8.93. The van der Waals surface area contributed by atoms with Crippen molar-refractivity contribution in [3.8, 4) is 5.75 Å². The molecule has 0 fully saturated rings. The van der Waals surface area contributed by atoms with E-state index in [2.05, 4.69) is 31.6 Å². The normalized spacial score (nSPS) is 11.0.